The highest BCUT2D eigenvalue weighted by Gasteiger charge is 2.05. The van der Waals surface area contributed by atoms with Crippen LogP contribution in [0.5, 0.6) is 5.75 Å². The molecule has 0 fully saturated rings. The quantitative estimate of drug-likeness (QED) is 0.610. The van der Waals surface area contributed by atoms with Crippen LogP contribution in [0.2, 0.25) is 0 Å². The minimum Gasteiger partial charge on any atom is -0.491 e. The van der Waals surface area contributed by atoms with Crippen LogP contribution in [0.1, 0.15) is 16.7 Å². The number of hydrogen-bond donors (Lipinski definition) is 2. The van der Waals surface area contributed by atoms with Crippen molar-refractivity contribution in [1.29, 1.82) is 0 Å². The van der Waals surface area contributed by atoms with E-state index in [1.165, 1.54) is 16.7 Å². The summed E-state index contributed by atoms with van der Waals surface area (Å²) in [6.45, 7) is 11.4. The lowest BCUT2D eigenvalue weighted by molar-refractivity contribution is -0.671. The van der Waals surface area contributed by atoms with Gasteiger partial charge in [0.1, 0.15) is 25.4 Å². The Labute approximate surface area is 116 Å². The van der Waals surface area contributed by atoms with Gasteiger partial charge in [-0.05, 0) is 37.5 Å². The fraction of sp³-hybridized carbons (Fsp3) is 0.600. The molecule has 1 aromatic carbocycles. The number of benzene rings is 1. The molecule has 108 valence electrons. The van der Waals surface area contributed by atoms with E-state index in [1.807, 2.05) is 0 Å². The second kappa shape index (κ2) is 8.91. The van der Waals surface area contributed by atoms with Crippen molar-refractivity contribution < 1.29 is 20.5 Å². The molecule has 0 atom stereocenters. The Bertz CT molecular complexity index is 381. The monoisotopic (exact) mass is 268 g/mol. The molecule has 0 aliphatic heterocycles. The van der Waals surface area contributed by atoms with Crippen molar-refractivity contribution in [1.82, 2.24) is 0 Å². The van der Waals surface area contributed by atoms with Crippen molar-refractivity contribution in [3.05, 3.63) is 28.8 Å². The summed E-state index contributed by atoms with van der Waals surface area (Å²) in [6, 6.07) is 4.23. The molecule has 4 heteroatoms. The maximum absolute atomic E-state index is 5.83. The third-order valence-corrected chi connectivity index (χ3v) is 3.22. The fourth-order valence-corrected chi connectivity index (χ4v) is 1.91. The second-order valence-corrected chi connectivity index (χ2v) is 4.83. The van der Waals surface area contributed by atoms with Crippen LogP contribution in [0.4, 0.5) is 0 Å². The Morgan fingerprint density at radius 1 is 1.00 bits per heavy atom. The Kier molecular flexibility index (Phi) is 7.48. The van der Waals surface area contributed by atoms with E-state index in [2.05, 4.69) is 44.0 Å². The number of hydrogen-bond acceptors (Lipinski definition) is 2. The Balaban J connectivity index is 2.21. The average molecular weight is 268 g/mol. The molecule has 0 saturated heterocycles. The Hall–Kier alpha value is -1.10. The molecule has 19 heavy (non-hydrogen) atoms. The summed E-state index contributed by atoms with van der Waals surface area (Å²) in [4.78, 5) is 0. The summed E-state index contributed by atoms with van der Waals surface area (Å²) < 4.78 is 11.4. The van der Waals surface area contributed by atoms with Crippen molar-refractivity contribution >= 4 is 0 Å². The molecule has 0 spiro atoms. The second-order valence-electron chi connectivity index (χ2n) is 4.83. The van der Waals surface area contributed by atoms with Crippen molar-refractivity contribution in [3.63, 3.8) is 0 Å². The number of rotatable bonds is 9. The van der Waals surface area contributed by atoms with Crippen LogP contribution in [-0.4, -0.2) is 39.5 Å². The molecular weight excluding hydrogens is 240 g/mol. The summed E-state index contributed by atoms with van der Waals surface area (Å²) in [7, 11) is 0. The number of ether oxygens (including phenoxy) is 2. The fourth-order valence-electron chi connectivity index (χ4n) is 1.91. The normalized spacial score (nSPS) is 10.7. The molecule has 0 radical (unpaired) electrons. The van der Waals surface area contributed by atoms with Gasteiger partial charge in [0.15, 0.2) is 0 Å². The molecule has 0 aliphatic rings. The first kappa shape index (κ1) is 16.0. The molecule has 0 aromatic heterocycles. The van der Waals surface area contributed by atoms with E-state index in [-0.39, 0.29) is 0 Å². The molecule has 0 saturated carbocycles. The van der Waals surface area contributed by atoms with E-state index >= 15 is 0 Å². The highest BCUT2D eigenvalue weighted by atomic mass is 16.5. The van der Waals surface area contributed by atoms with Crippen molar-refractivity contribution in [2.24, 2.45) is 0 Å². The number of quaternary nitrogens is 2. The lowest BCUT2D eigenvalue weighted by Gasteiger charge is -2.13. The van der Waals surface area contributed by atoms with Crippen molar-refractivity contribution in [3.8, 4) is 5.75 Å². The Morgan fingerprint density at radius 2 is 1.74 bits per heavy atom. The van der Waals surface area contributed by atoms with E-state index in [4.69, 9.17) is 9.47 Å². The van der Waals surface area contributed by atoms with Crippen LogP contribution in [0.3, 0.4) is 0 Å². The van der Waals surface area contributed by atoms with Gasteiger partial charge in [-0.15, -0.1) is 0 Å². The van der Waals surface area contributed by atoms with Gasteiger partial charge in [0.2, 0.25) is 0 Å². The lowest BCUT2D eigenvalue weighted by atomic mass is 10.1. The van der Waals surface area contributed by atoms with Crippen LogP contribution in [-0.2, 0) is 4.74 Å². The third-order valence-electron chi connectivity index (χ3n) is 3.22. The van der Waals surface area contributed by atoms with Crippen LogP contribution in [0.25, 0.3) is 0 Å². The minimum absolute atomic E-state index is 0.612. The standard InChI is InChI=1S/C15H26N2O2/c1-12-4-5-13(2)15(14(12)3)19-11-10-18-9-8-17-7-6-16/h4-5,17H,6-11,16H2,1-3H3/p+2. The molecule has 1 aromatic rings. The number of nitrogens with two attached hydrogens (primary N) is 1. The van der Waals surface area contributed by atoms with Gasteiger partial charge in [-0.3, -0.25) is 0 Å². The highest BCUT2D eigenvalue weighted by molar-refractivity contribution is 5.44. The van der Waals surface area contributed by atoms with Gasteiger partial charge >= 0.3 is 0 Å². The minimum atomic E-state index is 0.612. The maximum atomic E-state index is 5.83. The predicted octanol–water partition coefficient (Wildman–Crippen LogP) is -0.187. The summed E-state index contributed by atoms with van der Waals surface area (Å²) in [5, 5.41) is 2.22. The zero-order valence-corrected chi connectivity index (χ0v) is 12.5. The van der Waals surface area contributed by atoms with Crippen molar-refractivity contribution in [2.75, 3.05) is 39.5 Å². The topological polar surface area (TPSA) is 62.7 Å². The first-order valence-electron chi connectivity index (χ1n) is 7.05. The van der Waals surface area contributed by atoms with Gasteiger partial charge in [0, 0.05) is 0 Å². The lowest BCUT2D eigenvalue weighted by Crippen LogP contribution is -2.88. The van der Waals surface area contributed by atoms with Gasteiger partial charge in [-0.25, -0.2) is 0 Å². The molecule has 5 N–H and O–H groups in total. The maximum Gasteiger partial charge on any atom is 0.125 e. The molecule has 0 amide bonds. The highest BCUT2D eigenvalue weighted by Crippen LogP contribution is 2.25. The predicted molar refractivity (Wildman–Crippen MR) is 76.4 cm³/mol. The van der Waals surface area contributed by atoms with Gasteiger partial charge in [0.05, 0.1) is 19.8 Å². The van der Waals surface area contributed by atoms with E-state index in [0.717, 1.165) is 32.0 Å². The van der Waals surface area contributed by atoms with E-state index in [9.17, 15) is 0 Å². The van der Waals surface area contributed by atoms with Crippen LogP contribution < -0.4 is 15.8 Å². The average Bonchev–Trinajstić information content (AvgIpc) is 2.40. The third kappa shape index (κ3) is 5.59. The van der Waals surface area contributed by atoms with Gasteiger partial charge < -0.3 is 20.5 Å². The number of aryl methyl sites for hydroxylation is 2. The summed E-state index contributed by atoms with van der Waals surface area (Å²) >= 11 is 0. The first-order chi connectivity index (χ1) is 9.16. The van der Waals surface area contributed by atoms with Crippen LogP contribution in [0.15, 0.2) is 12.1 Å². The van der Waals surface area contributed by atoms with E-state index in [0.29, 0.717) is 13.2 Å². The largest absolute Gasteiger partial charge is 0.491 e. The zero-order valence-electron chi connectivity index (χ0n) is 12.5. The zero-order chi connectivity index (χ0) is 14.1. The molecule has 0 heterocycles. The van der Waals surface area contributed by atoms with E-state index < -0.39 is 0 Å². The SMILES string of the molecule is Cc1ccc(C)c(OCCOCC[NH2+]CC[NH3+])c1C. The molecule has 4 nitrogen and oxygen atoms in total. The molecule has 1 rings (SSSR count). The summed E-state index contributed by atoms with van der Waals surface area (Å²) in [5.74, 6) is 1.01. The van der Waals surface area contributed by atoms with Crippen molar-refractivity contribution in [2.45, 2.75) is 20.8 Å². The molecule has 0 aliphatic carbocycles. The van der Waals surface area contributed by atoms with Crippen LogP contribution >= 0.6 is 0 Å². The summed E-state index contributed by atoms with van der Waals surface area (Å²) in [5.41, 5.74) is 7.48. The molecule has 0 bridgehead atoms. The summed E-state index contributed by atoms with van der Waals surface area (Å²) in [6.07, 6.45) is 0. The molecular formula is C15H28N2O2+2. The van der Waals surface area contributed by atoms with Crippen LogP contribution in [0, 0.1) is 20.8 Å². The smallest absolute Gasteiger partial charge is 0.125 e. The van der Waals surface area contributed by atoms with Gasteiger partial charge in [0.25, 0.3) is 0 Å². The van der Waals surface area contributed by atoms with E-state index in [1.54, 1.807) is 0 Å². The molecule has 0 unspecified atom stereocenters. The Morgan fingerprint density at radius 3 is 2.47 bits per heavy atom. The van der Waals surface area contributed by atoms with Gasteiger partial charge in [-0.2, -0.15) is 0 Å². The first-order valence-corrected chi connectivity index (χ1v) is 7.05. The van der Waals surface area contributed by atoms with Gasteiger partial charge in [-0.1, -0.05) is 12.1 Å².